The van der Waals surface area contributed by atoms with Crippen molar-refractivity contribution in [2.45, 2.75) is 45.6 Å². The van der Waals surface area contributed by atoms with Crippen LogP contribution in [0.3, 0.4) is 0 Å². The second kappa shape index (κ2) is 8.74. The molecule has 4 rings (SSSR count). The molecule has 1 atom stereocenters. The zero-order valence-electron chi connectivity index (χ0n) is 17.2. The number of likely N-dealkylation sites (tertiary alicyclic amines) is 1. The molecule has 1 amide bonds. The maximum absolute atomic E-state index is 12.3. The van der Waals surface area contributed by atoms with E-state index in [0.29, 0.717) is 19.0 Å². The van der Waals surface area contributed by atoms with Crippen LogP contribution in [-0.4, -0.2) is 77.7 Å². The molecule has 1 unspecified atom stereocenters. The van der Waals surface area contributed by atoms with E-state index >= 15 is 0 Å². The first-order chi connectivity index (χ1) is 13.6. The van der Waals surface area contributed by atoms with Gasteiger partial charge in [0, 0.05) is 26.2 Å². The average molecular weight is 388 g/mol. The summed E-state index contributed by atoms with van der Waals surface area (Å²) in [5.41, 5.74) is 1.87. The predicted octanol–water partition coefficient (Wildman–Crippen LogP) is 1.85. The highest BCUT2D eigenvalue weighted by Crippen LogP contribution is 2.31. The number of ether oxygens (including phenoxy) is 1. The summed E-state index contributed by atoms with van der Waals surface area (Å²) in [6.45, 7) is 9.94. The number of carbonyl (C=O) groups is 1. The molecule has 0 spiro atoms. The molecular weight excluding hydrogens is 354 g/mol. The lowest BCUT2D eigenvalue weighted by Gasteiger charge is -2.38. The molecule has 3 aliphatic rings. The third kappa shape index (κ3) is 5.20. The molecule has 0 radical (unpaired) electrons. The number of nitrogens with zero attached hydrogens (tertiary/aromatic N) is 4. The average Bonchev–Trinajstić information content (AvgIpc) is 3.50. The number of morpholine rings is 1. The normalized spacial score (nSPS) is 24.6. The topological polar surface area (TPSA) is 70.6 Å². The lowest BCUT2D eigenvalue weighted by Crippen LogP contribution is -2.51. The van der Waals surface area contributed by atoms with Crippen LogP contribution in [0.15, 0.2) is 6.20 Å². The van der Waals surface area contributed by atoms with Crippen LogP contribution in [-0.2, 0) is 9.53 Å². The van der Waals surface area contributed by atoms with Gasteiger partial charge in [0.2, 0.25) is 5.91 Å². The first kappa shape index (κ1) is 19.6. The number of anilines is 1. The Balaban J connectivity index is 1.22. The lowest BCUT2D eigenvalue weighted by molar-refractivity contribution is -0.149. The standard InChI is InChI=1S/C21H33N5O2/c1-15-16(2)24-20(10-22-15)23-9-19-13-26(21(27)14-28-19)12-18-5-7-25(8-6-18)11-17-3-4-17/h10,17-19H,3-9,11-14H2,1-2H3,(H,23,24). The van der Waals surface area contributed by atoms with Gasteiger partial charge in [-0.3, -0.25) is 9.78 Å². The predicted molar refractivity (Wildman–Crippen MR) is 108 cm³/mol. The van der Waals surface area contributed by atoms with Crippen LogP contribution in [0, 0.1) is 25.7 Å². The van der Waals surface area contributed by atoms with E-state index in [1.807, 2.05) is 18.7 Å². The molecule has 7 nitrogen and oxygen atoms in total. The summed E-state index contributed by atoms with van der Waals surface area (Å²) in [7, 11) is 0. The highest BCUT2D eigenvalue weighted by Gasteiger charge is 2.31. The van der Waals surface area contributed by atoms with E-state index in [2.05, 4.69) is 20.2 Å². The van der Waals surface area contributed by atoms with Crippen LogP contribution < -0.4 is 5.32 Å². The van der Waals surface area contributed by atoms with Crippen molar-refractivity contribution in [3.05, 3.63) is 17.6 Å². The van der Waals surface area contributed by atoms with Crippen LogP contribution in [0.5, 0.6) is 0 Å². The molecule has 7 heteroatoms. The second-order valence-electron chi connectivity index (χ2n) is 8.73. The van der Waals surface area contributed by atoms with Crippen molar-refractivity contribution in [2.75, 3.05) is 51.2 Å². The molecule has 28 heavy (non-hydrogen) atoms. The van der Waals surface area contributed by atoms with Crippen LogP contribution in [0.4, 0.5) is 5.82 Å². The number of carbonyl (C=O) groups excluding carboxylic acids is 1. The van der Waals surface area contributed by atoms with Gasteiger partial charge < -0.3 is 19.9 Å². The van der Waals surface area contributed by atoms with E-state index < -0.39 is 0 Å². The fourth-order valence-corrected chi connectivity index (χ4v) is 4.15. The van der Waals surface area contributed by atoms with Gasteiger partial charge in [-0.2, -0.15) is 0 Å². The van der Waals surface area contributed by atoms with Crippen molar-refractivity contribution in [1.82, 2.24) is 19.8 Å². The fourth-order valence-electron chi connectivity index (χ4n) is 4.15. The zero-order chi connectivity index (χ0) is 19.5. The largest absolute Gasteiger partial charge is 0.366 e. The summed E-state index contributed by atoms with van der Waals surface area (Å²) in [5, 5.41) is 3.31. The lowest BCUT2D eigenvalue weighted by atomic mass is 9.95. The zero-order valence-corrected chi connectivity index (χ0v) is 17.2. The number of hydrogen-bond donors (Lipinski definition) is 1. The molecule has 3 fully saturated rings. The number of amides is 1. The van der Waals surface area contributed by atoms with E-state index in [-0.39, 0.29) is 18.6 Å². The van der Waals surface area contributed by atoms with Gasteiger partial charge in [-0.1, -0.05) is 0 Å². The van der Waals surface area contributed by atoms with Gasteiger partial charge >= 0.3 is 0 Å². The first-order valence-corrected chi connectivity index (χ1v) is 10.7. The van der Waals surface area contributed by atoms with Gasteiger partial charge in [0.05, 0.1) is 23.7 Å². The summed E-state index contributed by atoms with van der Waals surface area (Å²) >= 11 is 0. The third-order valence-electron chi connectivity index (χ3n) is 6.32. The second-order valence-corrected chi connectivity index (χ2v) is 8.73. The van der Waals surface area contributed by atoms with E-state index in [1.54, 1.807) is 6.20 Å². The van der Waals surface area contributed by atoms with E-state index in [4.69, 9.17) is 4.74 Å². The Morgan fingerprint density at radius 3 is 2.57 bits per heavy atom. The van der Waals surface area contributed by atoms with Crippen molar-refractivity contribution >= 4 is 11.7 Å². The monoisotopic (exact) mass is 387 g/mol. The molecule has 154 valence electrons. The molecule has 1 aliphatic carbocycles. The summed E-state index contributed by atoms with van der Waals surface area (Å²) in [5.74, 6) is 2.48. The number of aryl methyl sites for hydroxylation is 2. The molecule has 1 N–H and O–H groups in total. The van der Waals surface area contributed by atoms with E-state index in [0.717, 1.165) is 29.7 Å². The number of aromatic nitrogens is 2. The Bertz CT molecular complexity index is 685. The molecule has 1 aromatic rings. The molecule has 1 saturated carbocycles. The van der Waals surface area contributed by atoms with Gasteiger partial charge in [0.15, 0.2) is 0 Å². The quantitative estimate of drug-likeness (QED) is 0.770. The Kier molecular flexibility index (Phi) is 6.11. The summed E-state index contributed by atoms with van der Waals surface area (Å²) < 4.78 is 5.74. The summed E-state index contributed by atoms with van der Waals surface area (Å²) in [6, 6.07) is 0. The Morgan fingerprint density at radius 2 is 1.86 bits per heavy atom. The van der Waals surface area contributed by atoms with Gasteiger partial charge in [-0.25, -0.2) is 4.98 Å². The fraction of sp³-hybridized carbons (Fsp3) is 0.762. The van der Waals surface area contributed by atoms with Gasteiger partial charge in [0.1, 0.15) is 12.4 Å². The third-order valence-corrected chi connectivity index (χ3v) is 6.32. The van der Waals surface area contributed by atoms with Gasteiger partial charge in [-0.05, 0) is 64.5 Å². The number of rotatable bonds is 7. The van der Waals surface area contributed by atoms with Crippen molar-refractivity contribution in [1.29, 1.82) is 0 Å². The Labute approximate surface area is 167 Å². The molecule has 3 heterocycles. The minimum atomic E-state index is -0.00364. The Morgan fingerprint density at radius 1 is 1.11 bits per heavy atom. The van der Waals surface area contributed by atoms with Gasteiger partial charge in [0.25, 0.3) is 0 Å². The Hall–Kier alpha value is -1.73. The van der Waals surface area contributed by atoms with Gasteiger partial charge in [-0.15, -0.1) is 0 Å². The minimum Gasteiger partial charge on any atom is -0.366 e. The number of nitrogens with one attached hydrogen (secondary N) is 1. The SMILES string of the molecule is Cc1ncc(NCC2CN(CC3CCN(CC4CC4)CC3)C(=O)CO2)nc1C. The highest BCUT2D eigenvalue weighted by molar-refractivity contribution is 5.78. The number of piperidine rings is 1. The maximum Gasteiger partial charge on any atom is 0.248 e. The van der Waals surface area contributed by atoms with Crippen LogP contribution in [0.25, 0.3) is 0 Å². The summed E-state index contributed by atoms with van der Waals surface area (Å²) in [6.07, 6.45) is 7.01. The van der Waals surface area contributed by atoms with Crippen molar-refractivity contribution < 1.29 is 9.53 Å². The van der Waals surface area contributed by atoms with Crippen molar-refractivity contribution in [3.8, 4) is 0 Å². The van der Waals surface area contributed by atoms with Crippen LogP contribution in [0.1, 0.15) is 37.1 Å². The minimum absolute atomic E-state index is 0.00364. The molecule has 2 saturated heterocycles. The summed E-state index contributed by atoms with van der Waals surface area (Å²) in [4.78, 5) is 25.8. The molecule has 2 aliphatic heterocycles. The molecular formula is C21H33N5O2. The first-order valence-electron chi connectivity index (χ1n) is 10.7. The van der Waals surface area contributed by atoms with Crippen LogP contribution >= 0.6 is 0 Å². The van der Waals surface area contributed by atoms with Crippen LogP contribution in [0.2, 0.25) is 0 Å². The van der Waals surface area contributed by atoms with Crippen molar-refractivity contribution in [3.63, 3.8) is 0 Å². The molecule has 0 bridgehead atoms. The maximum atomic E-state index is 12.3. The van der Waals surface area contributed by atoms with E-state index in [1.165, 1.54) is 45.3 Å². The number of hydrogen-bond acceptors (Lipinski definition) is 6. The molecule has 1 aromatic heterocycles. The molecule has 0 aromatic carbocycles. The smallest absolute Gasteiger partial charge is 0.248 e. The highest BCUT2D eigenvalue weighted by atomic mass is 16.5. The van der Waals surface area contributed by atoms with Crippen molar-refractivity contribution in [2.24, 2.45) is 11.8 Å². The van der Waals surface area contributed by atoms with E-state index in [9.17, 15) is 4.79 Å².